The maximum absolute atomic E-state index is 12.7. The highest BCUT2D eigenvalue weighted by atomic mass is 79.9. The highest BCUT2D eigenvalue weighted by Crippen LogP contribution is 2.42. The Morgan fingerprint density at radius 3 is 2.10 bits per heavy atom. The summed E-state index contributed by atoms with van der Waals surface area (Å²) in [7, 11) is 1.07. The Bertz CT molecular complexity index is 431. The fraction of sp³-hybridized carbons (Fsp3) is 0.545. The molecule has 20 heavy (non-hydrogen) atoms. The first kappa shape index (κ1) is 17.2. The van der Waals surface area contributed by atoms with E-state index >= 15 is 0 Å². The SMILES string of the molecule is CNC(Cc1cncc(Br)c1)C(C(F)(F)F)C(F)(F)F. The third kappa shape index (κ3) is 4.62. The molecule has 1 atom stereocenters. The molecule has 0 saturated carbocycles. The van der Waals surface area contributed by atoms with E-state index in [0.717, 1.165) is 7.05 Å². The first-order chi connectivity index (χ1) is 9.05. The van der Waals surface area contributed by atoms with Crippen LogP contribution in [0.15, 0.2) is 22.9 Å². The van der Waals surface area contributed by atoms with Crippen molar-refractivity contribution in [3.05, 3.63) is 28.5 Å². The molecular formula is C11H11BrF6N2. The lowest BCUT2D eigenvalue weighted by Gasteiger charge is -2.30. The monoisotopic (exact) mass is 364 g/mol. The van der Waals surface area contributed by atoms with Crippen LogP contribution in [0.3, 0.4) is 0 Å². The van der Waals surface area contributed by atoms with Gasteiger partial charge in [-0.15, -0.1) is 0 Å². The molecule has 0 spiro atoms. The van der Waals surface area contributed by atoms with Gasteiger partial charge in [0.2, 0.25) is 0 Å². The van der Waals surface area contributed by atoms with Crippen molar-refractivity contribution in [3.63, 3.8) is 0 Å². The third-order valence-electron chi connectivity index (χ3n) is 2.70. The largest absolute Gasteiger partial charge is 0.402 e. The van der Waals surface area contributed by atoms with Gasteiger partial charge in [-0.05, 0) is 41.0 Å². The smallest absolute Gasteiger partial charge is 0.316 e. The molecule has 2 nitrogen and oxygen atoms in total. The van der Waals surface area contributed by atoms with Crippen LogP contribution in [0.1, 0.15) is 5.56 Å². The molecule has 0 aromatic carbocycles. The lowest BCUT2D eigenvalue weighted by Crippen LogP contribution is -2.51. The molecule has 114 valence electrons. The summed E-state index contributed by atoms with van der Waals surface area (Å²) in [5.41, 5.74) is 0.275. The van der Waals surface area contributed by atoms with E-state index in [1.807, 2.05) is 0 Å². The Hall–Kier alpha value is -0.830. The Balaban J connectivity index is 3.03. The second-order valence-corrected chi connectivity index (χ2v) is 5.09. The summed E-state index contributed by atoms with van der Waals surface area (Å²) in [6.07, 6.45) is -8.55. The van der Waals surface area contributed by atoms with Crippen molar-refractivity contribution in [2.45, 2.75) is 24.8 Å². The molecule has 0 radical (unpaired) electrons. The third-order valence-corrected chi connectivity index (χ3v) is 3.13. The Labute approximate surface area is 119 Å². The minimum absolute atomic E-state index is 0.275. The van der Waals surface area contributed by atoms with Gasteiger partial charge in [-0.25, -0.2) is 0 Å². The van der Waals surface area contributed by atoms with E-state index in [-0.39, 0.29) is 5.56 Å². The molecule has 0 aliphatic heterocycles. The average molecular weight is 365 g/mol. The summed E-state index contributed by atoms with van der Waals surface area (Å²) in [4.78, 5) is 3.72. The first-order valence-electron chi connectivity index (χ1n) is 5.46. The minimum atomic E-state index is -5.37. The number of hydrogen-bond acceptors (Lipinski definition) is 2. The molecule has 0 amide bonds. The van der Waals surface area contributed by atoms with Crippen LogP contribution in [0.5, 0.6) is 0 Å². The van der Waals surface area contributed by atoms with Gasteiger partial charge in [-0.1, -0.05) is 0 Å². The normalized spacial score (nSPS) is 14.7. The van der Waals surface area contributed by atoms with Gasteiger partial charge in [0.15, 0.2) is 5.92 Å². The lowest BCUT2D eigenvalue weighted by molar-refractivity contribution is -0.291. The van der Waals surface area contributed by atoms with Gasteiger partial charge < -0.3 is 5.32 Å². The number of nitrogens with zero attached hydrogens (tertiary/aromatic N) is 1. The summed E-state index contributed by atoms with van der Waals surface area (Å²) in [5.74, 6) is -3.43. The molecular weight excluding hydrogens is 354 g/mol. The number of rotatable bonds is 4. The van der Waals surface area contributed by atoms with Crippen LogP contribution in [0.4, 0.5) is 26.3 Å². The molecule has 1 aromatic heterocycles. The summed E-state index contributed by atoms with van der Waals surface area (Å²) < 4.78 is 76.4. The molecule has 0 aliphatic rings. The van der Waals surface area contributed by atoms with Crippen LogP contribution < -0.4 is 5.32 Å². The molecule has 0 saturated heterocycles. The van der Waals surface area contributed by atoms with E-state index in [0.29, 0.717) is 4.47 Å². The van der Waals surface area contributed by atoms with Crippen molar-refractivity contribution < 1.29 is 26.3 Å². The number of likely N-dealkylation sites (N-methyl/N-ethyl adjacent to an activating group) is 1. The first-order valence-corrected chi connectivity index (χ1v) is 6.25. The van der Waals surface area contributed by atoms with Crippen molar-refractivity contribution >= 4 is 15.9 Å². The zero-order valence-corrected chi connectivity index (χ0v) is 11.8. The second-order valence-electron chi connectivity index (χ2n) is 4.17. The topological polar surface area (TPSA) is 24.9 Å². The van der Waals surface area contributed by atoms with E-state index < -0.39 is 30.7 Å². The zero-order chi connectivity index (χ0) is 15.6. The molecule has 9 heteroatoms. The number of nitrogens with one attached hydrogen (secondary N) is 1. The molecule has 1 heterocycles. The summed E-state index contributed by atoms with van der Waals surface area (Å²) in [6.45, 7) is 0. The van der Waals surface area contributed by atoms with Crippen molar-refractivity contribution in [2.24, 2.45) is 5.92 Å². The van der Waals surface area contributed by atoms with Gasteiger partial charge in [-0.2, -0.15) is 26.3 Å². The number of alkyl halides is 6. The quantitative estimate of drug-likeness (QED) is 0.823. The van der Waals surface area contributed by atoms with Crippen LogP contribution in [-0.4, -0.2) is 30.4 Å². The average Bonchev–Trinajstić information content (AvgIpc) is 2.24. The maximum Gasteiger partial charge on any atom is 0.402 e. The van der Waals surface area contributed by atoms with Gasteiger partial charge in [0.05, 0.1) is 0 Å². The fourth-order valence-electron chi connectivity index (χ4n) is 1.85. The van der Waals surface area contributed by atoms with Crippen molar-refractivity contribution in [2.75, 3.05) is 7.05 Å². The van der Waals surface area contributed by atoms with Crippen LogP contribution in [-0.2, 0) is 6.42 Å². The zero-order valence-electron chi connectivity index (χ0n) is 10.2. The molecule has 1 N–H and O–H groups in total. The van der Waals surface area contributed by atoms with Crippen LogP contribution in [0, 0.1) is 5.92 Å². The van der Waals surface area contributed by atoms with Crippen molar-refractivity contribution in [3.8, 4) is 0 Å². The lowest BCUT2D eigenvalue weighted by atomic mass is 9.93. The predicted octanol–water partition coefficient (Wildman–Crippen LogP) is 3.72. The fourth-order valence-corrected chi connectivity index (χ4v) is 2.26. The van der Waals surface area contributed by atoms with E-state index in [1.54, 1.807) is 0 Å². The Morgan fingerprint density at radius 1 is 1.15 bits per heavy atom. The van der Waals surface area contributed by atoms with Gasteiger partial charge in [-0.3, -0.25) is 4.98 Å². The van der Waals surface area contributed by atoms with Gasteiger partial charge in [0.25, 0.3) is 0 Å². The minimum Gasteiger partial charge on any atom is -0.316 e. The standard InChI is InChI=1S/C11H11BrF6N2/c1-19-8(3-6-2-7(12)5-20-4-6)9(10(13,14)15)11(16,17)18/h2,4-5,8-9,19H,3H2,1H3. The molecule has 1 aromatic rings. The number of halogens is 7. The molecule has 1 rings (SSSR count). The number of aromatic nitrogens is 1. The molecule has 0 bridgehead atoms. The second kappa shape index (κ2) is 6.30. The van der Waals surface area contributed by atoms with E-state index in [4.69, 9.17) is 0 Å². The summed E-state index contributed by atoms with van der Waals surface area (Å²) >= 11 is 3.06. The number of pyridine rings is 1. The molecule has 0 aliphatic carbocycles. The number of hydrogen-bond donors (Lipinski definition) is 1. The van der Waals surface area contributed by atoms with Crippen LogP contribution in [0.25, 0.3) is 0 Å². The molecule has 1 unspecified atom stereocenters. The van der Waals surface area contributed by atoms with Crippen LogP contribution >= 0.6 is 15.9 Å². The Morgan fingerprint density at radius 2 is 1.70 bits per heavy atom. The van der Waals surface area contributed by atoms with Gasteiger partial charge in [0, 0.05) is 22.9 Å². The highest BCUT2D eigenvalue weighted by Gasteiger charge is 2.59. The Kier molecular flexibility index (Phi) is 5.42. The van der Waals surface area contributed by atoms with E-state index in [9.17, 15) is 26.3 Å². The van der Waals surface area contributed by atoms with Gasteiger partial charge >= 0.3 is 12.4 Å². The van der Waals surface area contributed by atoms with Crippen LogP contribution in [0.2, 0.25) is 0 Å². The highest BCUT2D eigenvalue weighted by molar-refractivity contribution is 9.10. The van der Waals surface area contributed by atoms with Crippen molar-refractivity contribution in [1.82, 2.24) is 10.3 Å². The van der Waals surface area contributed by atoms with E-state index in [2.05, 4.69) is 26.2 Å². The summed E-state index contributed by atoms with van der Waals surface area (Å²) in [6, 6.07) is -0.382. The predicted molar refractivity (Wildman–Crippen MR) is 64.1 cm³/mol. The van der Waals surface area contributed by atoms with Crippen molar-refractivity contribution in [1.29, 1.82) is 0 Å². The summed E-state index contributed by atoms with van der Waals surface area (Å²) in [5, 5.41) is 2.10. The van der Waals surface area contributed by atoms with E-state index in [1.165, 1.54) is 18.5 Å². The maximum atomic E-state index is 12.7. The van der Waals surface area contributed by atoms with Gasteiger partial charge in [0.1, 0.15) is 0 Å². The molecule has 0 fully saturated rings.